The number of nitrogens with zero attached hydrogens (tertiary/aromatic N) is 5. The Bertz CT molecular complexity index is 3530. The van der Waals surface area contributed by atoms with E-state index in [0.29, 0.717) is 84.9 Å². The number of rotatable bonds is 19. The van der Waals surface area contributed by atoms with Crippen LogP contribution in [0.3, 0.4) is 0 Å². The third-order valence-electron chi connectivity index (χ3n) is 18.5. The van der Waals surface area contributed by atoms with E-state index < -0.39 is 24.7 Å². The number of hydrogen-bond donors (Lipinski definition) is 4. The molecule has 10 rings (SSSR count). The lowest BCUT2D eigenvalue weighted by molar-refractivity contribution is -0.121. The summed E-state index contributed by atoms with van der Waals surface area (Å²) in [5.41, 5.74) is 13.5. The minimum Gasteiger partial charge on any atom is -0.381 e. The van der Waals surface area contributed by atoms with E-state index in [1.165, 1.54) is 23.3 Å². The Morgan fingerprint density at radius 3 is 1.31 bits per heavy atom. The highest BCUT2D eigenvalue weighted by atomic mass is 19.4. The lowest BCUT2D eigenvalue weighted by Crippen LogP contribution is -2.45. The highest BCUT2D eigenvalue weighted by Crippen LogP contribution is 2.38. The fraction of sp³-hybridized carbons (Fsp3) is 0.493. The SMILES string of the molecule is CCN(c1cc(-c2ccc(CN3CCOCC3)cc2)cc(C(=O)NCc2c(C)cc(C)[nH]c2=O)c1C)C1CCC(N(C)C)CC1.Cc1cc(C)c(CNC(=O)c2cc(-c3ccc(CN4CCOCC4)cc3)cc(N(CC(F)(F)F)C3CCOCC3)c2C)c(=O)[nH]1. The van der Waals surface area contributed by atoms with Crippen molar-refractivity contribution in [1.82, 2.24) is 35.3 Å². The van der Waals surface area contributed by atoms with Crippen LogP contribution in [0.25, 0.3) is 22.3 Å². The first-order chi connectivity index (χ1) is 43.1. The lowest BCUT2D eigenvalue weighted by Gasteiger charge is -2.40. The molecule has 4 N–H and O–H groups in total. The zero-order chi connectivity index (χ0) is 64.2. The van der Waals surface area contributed by atoms with Gasteiger partial charge in [-0.25, -0.2) is 0 Å². The van der Waals surface area contributed by atoms with Crippen molar-refractivity contribution in [3.8, 4) is 22.3 Å². The van der Waals surface area contributed by atoms with Gasteiger partial charge in [0.2, 0.25) is 0 Å². The monoisotopic (exact) mass is 1240 g/mol. The standard InChI is InChI=1S/C37H51N5O3.C34H41F3N4O4/c1-7-42(32-14-12-31(13-15-32)40(5)6)35-22-30(29-10-8-28(9-11-29)24-41-16-18-45-19-17-41)21-33(27(35)4)36(43)38-23-34-25(2)20-26(3)39-37(34)44;1-22-16-23(2)39-33(43)30(22)19-38-32(42)29-17-27(26-6-4-25(5-7-26)20-40-10-14-45-15-11-40)18-31(24(29)3)41(21-34(35,36)37)28-8-12-44-13-9-28/h8-11,20-22,31-32H,7,12-19,23-24H2,1-6H3,(H,38,43)(H,39,44);4-7,16-18,28H,8-15,19-21H2,1-3H3,(H,38,42)(H,39,43). The molecule has 1 aliphatic carbocycles. The van der Waals surface area contributed by atoms with E-state index in [0.717, 1.165) is 128 Å². The van der Waals surface area contributed by atoms with Gasteiger partial charge in [-0.05, 0) is 193 Å². The number of carbonyl (C=O) groups is 2. The highest BCUT2D eigenvalue weighted by Gasteiger charge is 2.37. The second-order valence-electron chi connectivity index (χ2n) is 25.1. The number of alkyl halides is 3. The fourth-order valence-corrected chi connectivity index (χ4v) is 13.3. The number of aromatic amines is 2. The molecule has 2 aromatic heterocycles. The summed E-state index contributed by atoms with van der Waals surface area (Å²) in [6, 6.07) is 28.9. The zero-order valence-electron chi connectivity index (χ0n) is 54.1. The summed E-state index contributed by atoms with van der Waals surface area (Å²) >= 11 is 0. The van der Waals surface area contributed by atoms with Crippen LogP contribution >= 0.6 is 0 Å². The van der Waals surface area contributed by atoms with Gasteiger partial charge in [0.25, 0.3) is 22.9 Å². The minimum atomic E-state index is -4.45. The molecule has 3 aliphatic heterocycles. The van der Waals surface area contributed by atoms with Crippen LogP contribution in [0.5, 0.6) is 0 Å². The lowest BCUT2D eigenvalue weighted by atomic mass is 9.88. The van der Waals surface area contributed by atoms with E-state index in [1.54, 1.807) is 32.9 Å². The van der Waals surface area contributed by atoms with E-state index in [-0.39, 0.29) is 35.7 Å². The molecule has 2 amide bonds. The van der Waals surface area contributed by atoms with Gasteiger partial charge in [0, 0.05) is 135 Å². The van der Waals surface area contributed by atoms with Crippen molar-refractivity contribution < 1.29 is 37.0 Å². The van der Waals surface area contributed by atoms with Crippen molar-refractivity contribution in [3.05, 3.63) is 173 Å². The maximum absolute atomic E-state index is 14.0. The molecule has 90 heavy (non-hydrogen) atoms. The van der Waals surface area contributed by atoms with Gasteiger partial charge in [-0.2, -0.15) is 13.2 Å². The smallest absolute Gasteiger partial charge is 0.381 e. The number of anilines is 2. The first kappa shape index (κ1) is 67.3. The van der Waals surface area contributed by atoms with E-state index in [2.05, 4.69) is 98.5 Å². The van der Waals surface area contributed by atoms with Crippen LogP contribution in [0, 0.1) is 41.5 Å². The van der Waals surface area contributed by atoms with Crippen molar-refractivity contribution in [3.63, 3.8) is 0 Å². The number of pyridine rings is 2. The molecule has 16 nitrogen and oxygen atoms in total. The van der Waals surface area contributed by atoms with E-state index in [4.69, 9.17) is 14.2 Å². The van der Waals surface area contributed by atoms with Crippen molar-refractivity contribution in [2.45, 2.75) is 137 Å². The molecule has 4 aromatic carbocycles. The summed E-state index contributed by atoms with van der Waals surface area (Å²) in [5, 5.41) is 5.92. The van der Waals surface area contributed by atoms with Crippen LogP contribution in [0.15, 0.2) is 94.5 Å². The molecule has 0 spiro atoms. The first-order valence-corrected chi connectivity index (χ1v) is 32.0. The van der Waals surface area contributed by atoms with Gasteiger partial charge in [-0.1, -0.05) is 48.5 Å². The summed E-state index contributed by atoms with van der Waals surface area (Å²) in [6.45, 7) is 22.3. The molecule has 484 valence electrons. The number of halogens is 3. The Balaban J connectivity index is 0.000000213. The number of H-pyrrole nitrogens is 2. The topological polar surface area (TPSA) is 168 Å². The summed E-state index contributed by atoms with van der Waals surface area (Å²) in [7, 11) is 4.36. The molecule has 0 radical (unpaired) electrons. The Labute approximate surface area is 528 Å². The highest BCUT2D eigenvalue weighted by molar-refractivity contribution is 6.00. The van der Waals surface area contributed by atoms with Crippen molar-refractivity contribution in [1.29, 1.82) is 0 Å². The second-order valence-corrected chi connectivity index (χ2v) is 25.1. The molecule has 4 aliphatic rings. The summed E-state index contributed by atoms with van der Waals surface area (Å²) in [5.74, 6) is -0.621. The van der Waals surface area contributed by atoms with Crippen LogP contribution in [-0.2, 0) is 40.4 Å². The predicted octanol–water partition coefficient (Wildman–Crippen LogP) is 10.7. The van der Waals surface area contributed by atoms with Crippen LogP contribution in [0.4, 0.5) is 24.5 Å². The summed E-state index contributed by atoms with van der Waals surface area (Å²) < 4.78 is 58.5. The van der Waals surface area contributed by atoms with Crippen molar-refractivity contribution in [2.24, 2.45) is 0 Å². The fourth-order valence-electron chi connectivity index (χ4n) is 13.3. The predicted molar refractivity (Wildman–Crippen MR) is 351 cm³/mol. The zero-order valence-corrected chi connectivity index (χ0v) is 54.1. The molecule has 0 bridgehead atoms. The molecule has 19 heteroatoms. The Hall–Kier alpha value is -7.13. The first-order valence-electron chi connectivity index (χ1n) is 32.0. The minimum absolute atomic E-state index is 0.0122. The molecule has 5 heterocycles. The Morgan fingerprint density at radius 1 is 0.533 bits per heavy atom. The van der Waals surface area contributed by atoms with E-state index in [9.17, 15) is 32.3 Å². The number of nitrogens with one attached hydrogen (secondary N) is 4. The molecular weight excluding hydrogens is 1150 g/mol. The molecule has 3 saturated heterocycles. The van der Waals surface area contributed by atoms with Crippen LogP contribution in [-0.4, -0.2) is 154 Å². The number of benzene rings is 4. The van der Waals surface area contributed by atoms with Gasteiger partial charge in [0.15, 0.2) is 0 Å². The Morgan fingerprint density at radius 2 is 0.922 bits per heavy atom. The largest absolute Gasteiger partial charge is 0.405 e. The van der Waals surface area contributed by atoms with Gasteiger partial charge in [-0.15, -0.1) is 0 Å². The van der Waals surface area contributed by atoms with Gasteiger partial charge >= 0.3 is 6.18 Å². The summed E-state index contributed by atoms with van der Waals surface area (Å²) in [6.07, 6.45) is 1.07. The maximum atomic E-state index is 14.0. The average molecular weight is 1240 g/mol. The van der Waals surface area contributed by atoms with Gasteiger partial charge in [0.05, 0.1) is 26.4 Å². The molecule has 1 saturated carbocycles. The Kier molecular flexibility index (Phi) is 23.0. The number of amides is 2. The maximum Gasteiger partial charge on any atom is 0.405 e. The van der Waals surface area contributed by atoms with Crippen molar-refractivity contribution in [2.75, 3.05) is 103 Å². The number of morpholine rings is 2. The average Bonchev–Trinajstić information content (AvgIpc) is 0.816. The quantitative estimate of drug-likeness (QED) is 0.0607. The van der Waals surface area contributed by atoms with E-state index in [1.807, 2.05) is 56.3 Å². The van der Waals surface area contributed by atoms with Gasteiger partial charge in [0.1, 0.15) is 6.54 Å². The van der Waals surface area contributed by atoms with Crippen LogP contribution in [0.2, 0.25) is 0 Å². The van der Waals surface area contributed by atoms with Crippen molar-refractivity contribution >= 4 is 23.2 Å². The molecular formula is C71H92F3N9O7. The normalized spacial score (nSPS) is 17.8. The van der Waals surface area contributed by atoms with Gasteiger partial charge < -0.3 is 49.5 Å². The van der Waals surface area contributed by atoms with E-state index >= 15 is 0 Å². The van der Waals surface area contributed by atoms with Crippen LogP contribution in [0.1, 0.15) is 122 Å². The van der Waals surface area contributed by atoms with Gasteiger partial charge in [-0.3, -0.25) is 29.0 Å². The summed E-state index contributed by atoms with van der Waals surface area (Å²) in [4.78, 5) is 69.5. The molecule has 4 fully saturated rings. The third-order valence-corrected chi connectivity index (χ3v) is 18.5. The van der Waals surface area contributed by atoms with Crippen LogP contribution < -0.4 is 31.6 Å². The molecule has 0 unspecified atom stereocenters. The third kappa shape index (κ3) is 17.5. The second kappa shape index (κ2) is 30.8. The number of carbonyl (C=O) groups excluding carboxylic acids is 2. The molecule has 6 aromatic rings. The number of aryl methyl sites for hydroxylation is 4. The number of aromatic nitrogens is 2. The number of ether oxygens (including phenoxy) is 3. The molecule has 0 atom stereocenters. The number of hydrogen-bond acceptors (Lipinski definition) is 12.